The first-order valence-corrected chi connectivity index (χ1v) is 5.16. The minimum atomic E-state index is -4.41. The summed E-state index contributed by atoms with van der Waals surface area (Å²) < 4.78 is 72.1. The van der Waals surface area contributed by atoms with Crippen LogP contribution in [-0.4, -0.2) is 12.7 Å². The van der Waals surface area contributed by atoms with E-state index in [2.05, 4.69) is 5.32 Å². The van der Waals surface area contributed by atoms with E-state index in [1.807, 2.05) is 0 Å². The van der Waals surface area contributed by atoms with Crippen molar-refractivity contribution in [2.45, 2.75) is 25.2 Å². The molecule has 0 aliphatic rings. The molecule has 1 N–H and O–H groups in total. The van der Waals surface area contributed by atoms with Gasteiger partial charge in [-0.3, -0.25) is 0 Å². The van der Waals surface area contributed by atoms with Crippen molar-refractivity contribution in [3.63, 3.8) is 0 Å². The zero-order chi connectivity index (χ0) is 13.8. The number of anilines is 1. The quantitative estimate of drug-likeness (QED) is 0.629. The van der Waals surface area contributed by atoms with Crippen LogP contribution in [0.3, 0.4) is 0 Å². The molecule has 1 rings (SSSR count). The first-order chi connectivity index (χ1) is 8.18. The van der Waals surface area contributed by atoms with E-state index in [1.165, 1.54) is 12.1 Å². The van der Waals surface area contributed by atoms with Crippen LogP contribution in [0.1, 0.15) is 18.4 Å². The first kappa shape index (κ1) is 14.7. The molecule has 0 radical (unpaired) electrons. The van der Waals surface area contributed by atoms with E-state index in [-0.39, 0.29) is 13.0 Å². The van der Waals surface area contributed by atoms with Gasteiger partial charge in [0.15, 0.2) is 0 Å². The maximum atomic E-state index is 12.2. The molecular formula is C11H11F6N. The summed E-state index contributed by atoms with van der Waals surface area (Å²) in [6, 6.07) is 4.14. The highest BCUT2D eigenvalue weighted by Gasteiger charge is 2.30. The van der Waals surface area contributed by atoms with Crippen molar-refractivity contribution < 1.29 is 26.3 Å². The van der Waals surface area contributed by atoms with Gasteiger partial charge in [0.1, 0.15) is 0 Å². The molecule has 0 fully saturated rings. The van der Waals surface area contributed by atoms with Gasteiger partial charge in [0.2, 0.25) is 0 Å². The predicted octanol–water partition coefficient (Wildman–Crippen LogP) is 4.46. The van der Waals surface area contributed by atoms with E-state index in [4.69, 9.17) is 0 Å². The fraction of sp³-hybridized carbons (Fsp3) is 0.455. The molecule has 0 amide bonds. The lowest BCUT2D eigenvalue weighted by Gasteiger charge is -2.10. The van der Waals surface area contributed by atoms with Crippen molar-refractivity contribution in [2.24, 2.45) is 0 Å². The van der Waals surface area contributed by atoms with Crippen LogP contribution in [0.25, 0.3) is 0 Å². The number of alkyl halides is 6. The Morgan fingerprint density at radius 3 is 1.89 bits per heavy atom. The largest absolute Gasteiger partial charge is 0.416 e. The van der Waals surface area contributed by atoms with Crippen molar-refractivity contribution in [1.82, 2.24) is 0 Å². The third kappa shape index (κ3) is 5.29. The number of benzene rings is 1. The Kier molecular flexibility index (Phi) is 4.48. The highest BCUT2D eigenvalue weighted by Crippen LogP contribution is 2.29. The molecule has 102 valence electrons. The van der Waals surface area contributed by atoms with Crippen molar-refractivity contribution in [1.29, 1.82) is 0 Å². The summed E-state index contributed by atoms with van der Waals surface area (Å²) >= 11 is 0. The van der Waals surface area contributed by atoms with E-state index in [1.54, 1.807) is 0 Å². The third-order valence-electron chi connectivity index (χ3n) is 2.18. The predicted molar refractivity (Wildman–Crippen MR) is 55.2 cm³/mol. The van der Waals surface area contributed by atoms with Crippen molar-refractivity contribution in [2.75, 3.05) is 11.9 Å². The van der Waals surface area contributed by atoms with Crippen LogP contribution in [0.5, 0.6) is 0 Å². The first-order valence-electron chi connectivity index (χ1n) is 5.16. The van der Waals surface area contributed by atoms with Crippen molar-refractivity contribution >= 4 is 5.69 Å². The molecule has 1 aromatic carbocycles. The maximum Gasteiger partial charge on any atom is 0.416 e. The molecule has 0 aromatic heterocycles. The Morgan fingerprint density at radius 2 is 1.44 bits per heavy atom. The Bertz CT molecular complexity index is 365. The zero-order valence-corrected chi connectivity index (χ0v) is 9.20. The summed E-state index contributed by atoms with van der Waals surface area (Å²) in [6.45, 7) is 0.0604. The average molecular weight is 271 g/mol. The SMILES string of the molecule is FC(F)(F)CCCNc1ccc(C(F)(F)F)cc1. The molecule has 18 heavy (non-hydrogen) atoms. The minimum absolute atomic E-state index is 0.0604. The fourth-order valence-corrected chi connectivity index (χ4v) is 1.30. The molecule has 0 saturated heterocycles. The summed E-state index contributed by atoms with van der Waals surface area (Å²) in [5.74, 6) is 0. The maximum absolute atomic E-state index is 12.2. The van der Waals surface area contributed by atoms with Gasteiger partial charge in [-0.05, 0) is 30.7 Å². The summed E-state index contributed by atoms with van der Waals surface area (Å²) in [5.41, 5.74) is -0.423. The Labute approximate surface area is 99.8 Å². The molecule has 7 heteroatoms. The summed E-state index contributed by atoms with van der Waals surface area (Å²) in [7, 11) is 0. The van der Waals surface area contributed by atoms with Gasteiger partial charge in [0.25, 0.3) is 0 Å². The second-order valence-electron chi connectivity index (χ2n) is 3.72. The summed E-state index contributed by atoms with van der Waals surface area (Å²) in [4.78, 5) is 0. The van der Waals surface area contributed by atoms with E-state index < -0.39 is 24.3 Å². The van der Waals surface area contributed by atoms with E-state index in [9.17, 15) is 26.3 Å². The van der Waals surface area contributed by atoms with Crippen molar-refractivity contribution in [3.05, 3.63) is 29.8 Å². The van der Waals surface area contributed by atoms with Crippen LogP contribution in [0.4, 0.5) is 32.0 Å². The van der Waals surface area contributed by atoms with Gasteiger partial charge in [0, 0.05) is 18.7 Å². The van der Waals surface area contributed by atoms with Gasteiger partial charge in [-0.1, -0.05) is 0 Å². The van der Waals surface area contributed by atoms with Crippen LogP contribution >= 0.6 is 0 Å². The molecule has 0 aliphatic heterocycles. The second-order valence-corrected chi connectivity index (χ2v) is 3.72. The van der Waals surface area contributed by atoms with Crippen molar-refractivity contribution in [3.8, 4) is 0 Å². The van der Waals surface area contributed by atoms with Crippen LogP contribution in [0.15, 0.2) is 24.3 Å². The normalized spacial score (nSPS) is 12.6. The highest BCUT2D eigenvalue weighted by atomic mass is 19.4. The number of hydrogen-bond acceptors (Lipinski definition) is 1. The highest BCUT2D eigenvalue weighted by molar-refractivity contribution is 5.44. The lowest BCUT2D eigenvalue weighted by atomic mass is 10.2. The lowest BCUT2D eigenvalue weighted by Crippen LogP contribution is -2.11. The third-order valence-corrected chi connectivity index (χ3v) is 2.18. The number of hydrogen-bond donors (Lipinski definition) is 1. The molecule has 0 atom stereocenters. The molecule has 1 aromatic rings. The topological polar surface area (TPSA) is 12.0 Å². The zero-order valence-electron chi connectivity index (χ0n) is 9.20. The molecule has 0 spiro atoms. The van der Waals surface area contributed by atoms with Crippen LogP contribution in [0, 0.1) is 0 Å². The van der Waals surface area contributed by atoms with E-state index in [0.29, 0.717) is 5.69 Å². The summed E-state index contributed by atoms with van der Waals surface area (Å²) in [6.07, 6.45) is -9.65. The number of nitrogens with one attached hydrogen (secondary N) is 1. The molecule has 0 heterocycles. The van der Waals surface area contributed by atoms with E-state index in [0.717, 1.165) is 12.1 Å². The van der Waals surface area contributed by atoms with Gasteiger partial charge >= 0.3 is 12.4 Å². The average Bonchev–Trinajstić information content (AvgIpc) is 2.22. The second kappa shape index (κ2) is 5.49. The van der Waals surface area contributed by atoms with Gasteiger partial charge in [-0.15, -0.1) is 0 Å². The summed E-state index contributed by atoms with van der Waals surface area (Å²) in [5, 5.41) is 2.63. The molecule has 0 saturated carbocycles. The van der Waals surface area contributed by atoms with E-state index >= 15 is 0 Å². The number of rotatable bonds is 4. The smallest absolute Gasteiger partial charge is 0.385 e. The van der Waals surface area contributed by atoms with Crippen LogP contribution < -0.4 is 5.32 Å². The minimum Gasteiger partial charge on any atom is -0.385 e. The van der Waals surface area contributed by atoms with Gasteiger partial charge in [-0.25, -0.2) is 0 Å². The van der Waals surface area contributed by atoms with Crippen LogP contribution in [0.2, 0.25) is 0 Å². The Balaban J connectivity index is 2.41. The molecule has 0 unspecified atom stereocenters. The lowest BCUT2D eigenvalue weighted by molar-refractivity contribution is -0.137. The van der Waals surface area contributed by atoms with Crippen LogP contribution in [-0.2, 0) is 6.18 Å². The monoisotopic (exact) mass is 271 g/mol. The Hall–Kier alpha value is -1.40. The molecule has 0 aliphatic carbocycles. The number of halogens is 6. The standard InChI is InChI=1S/C11H11F6N/c12-10(13,14)6-1-7-18-9-4-2-8(3-5-9)11(15,16)17/h2-5,18H,1,6-7H2. The molecular weight excluding hydrogens is 260 g/mol. The fourth-order valence-electron chi connectivity index (χ4n) is 1.30. The molecule has 1 nitrogen and oxygen atoms in total. The Morgan fingerprint density at radius 1 is 0.889 bits per heavy atom. The molecule has 0 bridgehead atoms. The van der Waals surface area contributed by atoms with Gasteiger partial charge in [-0.2, -0.15) is 26.3 Å². The van der Waals surface area contributed by atoms with Gasteiger partial charge in [0.05, 0.1) is 5.56 Å². The van der Waals surface area contributed by atoms with Gasteiger partial charge < -0.3 is 5.32 Å².